The molecule has 0 unspecified atom stereocenters. The van der Waals surface area contributed by atoms with E-state index in [1.807, 2.05) is 0 Å². The lowest BCUT2D eigenvalue weighted by molar-refractivity contribution is -0.167. The Kier molecular flexibility index (Phi) is 42.3. The van der Waals surface area contributed by atoms with Gasteiger partial charge in [-0.2, -0.15) is 0 Å². The zero-order valence-corrected chi connectivity index (χ0v) is 37.4. The summed E-state index contributed by atoms with van der Waals surface area (Å²) < 4.78 is 16.7. The van der Waals surface area contributed by atoms with E-state index >= 15 is 0 Å². The Bertz CT molecular complexity index is 826. The van der Waals surface area contributed by atoms with Crippen LogP contribution in [-0.2, 0) is 28.6 Å². The van der Waals surface area contributed by atoms with Crippen molar-refractivity contribution in [2.45, 2.75) is 278 Å². The largest absolute Gasteiger partial charge is 0.462 e. The molecule has 0 heterocycles. The third kappa shape index (κ3) is 43.4. The predicted molar refractivity (Wildman–Crippen MR) is 233 cm³/mol. The van der Waals surface area contributed by atoms with Gasteiger partial charge in [0.2, 0.25) is 0 Å². The maximum absolute atomic E-state index is 12.7. The second-order valence-corrected chi connectivity index (χ2v) is 17.2. The highest BCUT2D eigenvalue weighted by Gasteiger charge is 2.19. The molecule has 0 saturated carbocycles. The van der Waals surface area contributed by atoms with E-state index in [4.69, 9.17) is 14.2 Å². The van der Waals surface area contributed by atoms with Crippen molar-refractivity contribution in [1.29, 1.82) is 0 Å². The fraction of sp³-hybridized carbons (Fsp3) is 0.939. The van der Waals surface area contributed by atoms with E-state index < -0.39 is 6.10 Å². The Hall–Kier alpha value is -1.59. The van der Waals surface area contributed by atoms with Gasteiger partial charge in [-0.05, 0) is 25.2 Å². The van der Waals surface area contributed by atoms with E-state index in [1.165, 1.54) is 167 Å². The summed E-state index contributed by atoms with van der Waals surface area (Å²) in [6, 6.07) is 0. The molecule has 0 saturated heterocycles. The highest BCUT2D eigenvalue weighted by Crippen LogP contribution is 2.16. The summed E-state index contributed by atoms with van der Waals surface area (Å²) in [5.74, 6) is -0.0423. The Morgan fingerprint density at radius 2 is 0.600 bits per heavy atom. The minimum absolute atomic E-state index is 0.0636. The average molecular weight is 779 g/mol. The van der Waals surface area contributed by atoms with E-state index in [-0.39, 0.29) is 31.1 Å². The topological polar surface area (TPSA) is 78.9 Å². The van der Waals surface area contributed by atoms with Crippen LogP contribution < -0.4 is 0 Å². The van der Waals surface area contributed by atoms with Crippen LogP contribution in [0.1, 0.15) is 272 Å². The molecule has 0 aromatic carbocycles. The molecule has 1 atom stereocenters. The monoisotopic (exact) mass is 779 g/mol. The molecule has 0 aliphatic rings. The lowest BCUT2D eigenvalue weighted by Crippen LogP contribution is -2.30. The lowest BCUT2D eigenvalue weighted by atomic mass is 10.0. The maximum atomic E-state index is 12.7. The van der Waals surface area contributed by atoms with Crippen molar-refractivity contribution in [3.8, 4) is 0 Å². The summed E-state index contributed by atoms with van der Waals surface area (Å²) >= 11 is 0. The van der Waals surface area contributed by atoms with Gasteiger partial charge in [0, 0.05) is 19.3 Å². The normalized spacial score (nSPS) is 11.9. The Morgan fingerprint density at radius 1 is 0.345 bits per heavy atom. The SMILES string of the molecule is CCCCCCCCCCCCCCCCCC(=O)O[C@@H](COC(=O)CCCCCCCCCCCC)COC(=O)CCCCCCCCCCCC(C)C. The summed E-state index contributed by atoms with van der Waals surface area (Å²) in [4.78, 5) is 37.8. The highest BCUT2D eigenvalue weighted by atomic mass is 16.6. The predicted octanol–water partition coefficient (Wildman–Crippen LogP) is 15.5. The maximum Gasteiger partial charge on any atom is 0.306 e. The van der Waals surface area contributed by atoms with Crippen molar-refractivity contribution < 1.29 is 28.6 Å². The first-order valence-corrected chi connectivity index (χ1v) is 24.4. The van der Waals surface area contributed by atoms with Crippen molar-refractivity contribution in [3.63, 3.8) is 0 Å². The summed E-state index contributed by atoms with van der Waals surface area (Å²) in [7, 11) is 0. The second kappa shape index (κ2) is 43.5. The molecule has 0 spiro atoms. The standard InChI is InChI=1S/C49H94O6/c1-5-7-9-11-13-15-17-18-19-20-21-25-30-34-38-42-49(52)55-46(43-53-47(50)40-36-32-28-24-16-14-12-10-8-6-2)44-54-48(51)41-37-33-29-26-22-23-27-31-35-39-45(3)4/h45-46H,5-44H2,1-4H3/t46-/m0/s1. The minimum atomic E-state index is -0.759. The van der Waals surface area contributed by atoms with Crippen LogP contribution in [0.2, 0.25) is 0 Å². The summed E-state index contributed by atoms with van der Waals surface area (Å²) in [5.41, 5.74) is 0. The summed E-state index contributed by atoms with van der Waals surface area (Å²) in [5, 5.41) is 0. The fourth-order valence-corrected chi connectivity index (χ4v) is 7.33. The van der Waals surface area contributed by atoms with Crippen LogP contribution in [0, 0.1) is 5.92 Å². The number of hydrogen-bond donors (Lipinski definition) is 0. The van der Waals surface area contributed by atoms with Crippen molar-refractivity contribution in [1.82, 2.24) is 0 Å². The molecule has 0 radical (unpaired) electrons. The van der Waals surface area contributed by atoms with Crippen molar-refractivity contribution in [2.24, 2.45) is 5.92 Å². The molecule has 0 fully saturated rings. The number of unbranched alkanes of at least 4 members (excludes halogenated alkanes) is 31. The number of rotatable bonds is 44. The van der Waals surface area contributed by atoms with Gasteiger partial charge in [-0.25, -0.2) is 0 Å². The van der Waals surface area contributed by atoms with E-state index in [0.717, 1.165) is 63.7 Å². The van der Waals surface area contributed by atoms with Gasteiger partial charge in [0.05, 0.1) is 0 Å². The Morgan fingerprint density at radius 3 is 0.891 bits per heavy atom. The molecule has 0 aliphatic heterocycles. The van der Waals surface area contributed by atoms with Crippen LogP contribution in [0.25, 0.3) is 0 Å². The number of carbonyl (C=O) groups is 3. The second-order valence-electron chi connectivity index (χ2n) is 17.2. The van der Waals surface area contributed by atoms with Gasteiger partial charge in [-0.3, -0.25) is 14.4 Å². The van der Waals surface area contributed by atoms with Crippen LogP contribution in [0.3, 0.4) is 0 Å². The van der Waals surface area contributed by atoms with E-state index in [0.29, 0.717) is 19.3 Å². The smallest absolute Gasteiger partial charge is 0.306 e. The first-order chi connectivity index (χ1) is 26.9. The molecule has 0 N–H and O–H groups in total. The highest BCUT2D eigenvalue weighted by molar-refractivity contribution is 5.71. The van der Waals surface area contributed by atoms with E-state index in [2.05, 4.69) is 27.7 Å². The molecule has 6 heteroatoms. The first kappa shape index (κ1) is 53.4. The van der Waals surface area contributed by atoms with Crippen molar-refractivity contribution >= 4 is 17.9 Å². The summed E-state index contributed by atoms with van der Waals surface area (Å²) in [6.07, 6.45) is 43.7. The average Bonchev–Trinajstić information content (AvgIpc) is 3.17. The van der Waals surface area contributed by atoms with Crippen molar-refractivity contribution in [2.75, 3.05) is 13.2 Å². The molecule has 0 aromatic heterocycles. The molecule has 0 bridgehead atoms. The van der Waals surface area contributed by atoms with Gasteiger partial charge < -0.3 is 14.2 Å². The van der Waals surface area contributed by atoms with Crippen molar-refractivity contribution in [3.05, 3.63) is 0 Å². The molecular weight excluding hydrogens is 685 g/mol. The Balaban J connectivity index is 4.31. The molecule has 326 valence electrons. The molecule has 0 aliphatic carbocycles. The van der Waals surface area contributed by atoms with Gasteiger partial charge in [0.1, 0.15) is 13.2 Å². The zero-order chi connectivity index (χ0) is 40.3. The first-order valence-electron chi connectivity index (χ1n) is 24.4. The lowest BCUT2D eigenvalue weighted by Gasteiger charge is -2.18. The zero-order valence-electron chi connectivity index (χ0n) is 37.4. The molecular formula is C49H94O6. The van der Waals surface area contributed by atoms with Gasteiger partial charge in [0.25, 0.3) is 0 Å². The van der Waals surface area contributed by atoms with Crippen LogP contribution in [0.15, 0.2) is 0 Å². The summed E-state index contributed by atoms with van der Waals surface area (Å²) in [6.45, 7) is 8.98. The fourth-order valence-electron chi connectivity index (χ4n) is 7.33. The molecule has 0 rings (SSSR count). The third-order valence-electron chi connectivity index (χ3n) is 11.0. The van der Waals surface area contributed by atoms with Crippen LogP contribution in [0.4, 0.5) is 0 Å². The van der Waals surface area contributed by atoms with Gasteiger partial charge >= 0.3 is 17.9 Å². The van der Waals surface area contributed by atoms with E-state index in [1.54, 1.807) is 0 Å². The van der Waals surface area contributed by atoms with Gasteiger partial charge in [0.15, 0.2) is 6.10 Å². The number of hydrogen-bond acceptors (Lipinski definition) is 6. The third-order valence-corrected chi connectivity index (χ3v) is 11.0. The quantitative estimate of drug-likeness (QED) is 0.0348. The van der Waals surface area contributed by atoms with Crippen LogP contribution in [-0.4, -0.2) is 37.2 Å². The molecule has 0 aromatic rings. The van der Waals surface area contributed by atoms with E-state index in [9.17, 15) is 14.4 Å². The van der Waals surface area contributed by atoms with Gasteiger partial charge in [-0.1, -0.05) is 233 Å². The van der Waals surface area contributed by atoms with Crippen LogP contribution >= 0.6 is 0 Å². The Labute approximate surface area is 342 Å². The molecule has 0 amide bonds. The van der Waals surface area contributed by atoms with Crippen LogP contribution in [0.5, 0.6) is 0 Å². The number of ether oxygens (including phenoxy) is 3. The minimum Gasteiger partial charge on any atom is -0.462 e. The number of esters is 3. The number of carbonyl (C=O) groups excluding carboxylic acids is 3. The van der Waals surface area contributed by atoms with Gasteiger partial charge in [-0.15, -0.1) is 0 Å². The molecule has 6 nitrogen and oxygen atoms in total. The molecule has 55 heavy (non-hydrogen) atoms.